The van der Waals surface area contributed by atoms with E-state index in [9.17, 15) is 0 Å². The molecule has 0 radical (unpaired) electrons. The molecule has 17 heavy (non-hydrogen) atoms. The van der Waals surface area contributed by atoms with E-state index >= 15 is 0 Å². The van der Waals surface area contributed by atoms with E-state index < -0.39 is 0 Å². The number of hydrogen-bond donors (Lipinski definition) is 1. The maximum absolute atomic E-state index is 5.70. The fraction of sp³-hybridized carbons (Fsp3) is 0.833. The lowest BCUT2D eigenvalue weighted by atomic mass is 10.1. The topological polar surface area (TPSA) is 47.0 Å². The second kappa shape index (κ2) is 5.31. The number of ether oxygens (including phenoxy) is 1. The molecule has 0 aromatic carbocycles. The van der Waals surface area contributed by atoms with Crippen molar-refractivity contribution < 1.29 is 4.74 Å². The molecule has 5 heteroatoms. The van der Waals surface area contributed by atoms with E-state index in [1.807, 2.05) is 0 Å². The van der Waals surface area contributed by atoms with Crippen molar-refractivity contribution in [1.29, 1.82) is 0 Å². The number of nitrogens with zero attached hydrogens (tertiary/aromatic N) is 2. The first-order chi connectivity index (χ1) is 8.42. The molecule has 0 spiro atoms. The van der Waals surface area contributed by atoms with Gasteiger partial charge in [-0.05, 0) is 38.5 Å². The summed E-state index contributed by atoms with van der Waals surface area (Å²) in [5, 5.41) is 4.33. The van der Waals surface area contributed by atoms with Gasteiger partial charge in [-0.1, -0.05) is 0 Å². The molecule has 2 fully saturated rings. The van der Waals surface area contributed by atoms with Crippen molar-refractivity contribution in [2.24, 2.45) is 0 Å². The molecule has 0 bridgehead atoms. The molecule has 1 aliphatic heterocycles. The van der Waals surface area contributed by atoms with Crippen LogP contribution in [-0.2, 0) is 4.74 Å². The van der Waals surface area contributed by atoms with Crippen LogP contribution in [0.25, 0.3) is 0 Å². The summed E-state index contributed by atoms with van der Waals surface area (Å²) >= 11 is 1.49. The van der Waals surface area contributed by atoms with Crippen LogP contribution in [0.15, 0.2) is 0 Å². The molecule has 1 saturated heterocycles. The van der Waals surface area contributed by atoms with Crippen LogP contribution in [0, 0.1) is 0 Å². The summed E-state index contributed by atoms with van der Waals surface area (Å²) in [5.74, 6) is 1.70. The molecule has 1 aromatic rings. The molecule has 1 aromatic heterocycles. The van der Waals surface area contributed by atoms with E-state index in [1.54, 1.807) is 0 Å². The minimum atomic E-state index is 0.451. The highest BCUT2D eigenvalue weighted by atomic mass is 32.1. The van der Waals surface area contributed by atoms with Crippen LogP contribution in [0.5, 0.6) is 0 Å². The maximum Gasteiger partial charge on any atom is 0.202 e. The van der Waals surface area contributed by atoms with Crippen molar-refractivity contribution >= 4 is 16.7 Å². The van der Waals surface area contributed by atoms with Crippen LogP contribution in [-0.4, -0.2) is 28.6 Å². The van der Waals surface area contributed by atoms with Gasteiger partial charge in [-0.25, -0.2) is 4.98 Å². The van der Waals surface area contributed by atoms with Crippen LogP contribution in [0.4, 0.5) is 5.13 Å². The van der Waals surface area contributed by atoms with Crippen molar-refractivity contribution in [3.8, 4) is 0 Å². The largest absolute Gasteiger partial charge is 0.378 e. The van der Waals surface area contributed by atoms with E-state index in [-0.39, 0.29) is 0 Å². The second-order valence-corrected chi connectivity index (χ2v) is 5.69. The molecule has 1 aliphatic carbocycles. The lowest BCUT2D eigenvalue weighted by Gasteiger charge is -2.22. The molecule has 1 N–H and O–H groups in total. The first-order valence-electron chi connectivity index (χ1n) is 6.61. The van der Waals surface area contributed by atoms with Gasteiger partial charge in [-0.3, -0.25) is 0 Å². The molecule has 1 unspecified atom stereocenters. The van der Waals surface area contributed by atoms with E-state index in [4.69, 9.17) is 4.74 Å². The summed E-state index contributed by atoms with van der Waals surface area (Å²) in [7, 11) is 0. The van der Waals surface area contributed by atoms with E-state index in [0.29, 0.717) is 12.0 Å². The number of hydrogen-bond acceptors (Lipinski definition) is 5. The third-order valence-electron chi connectivity index (χ3n) is 3.40. The Labute approximate surface area is 106 Å². The average Bonchev–Trinajstić information content (AvgIpc) is 3.11. The Morgan fingerprint density at radius 3 is 3.00 bits per heavy atom. The van der Waals surface area contributed by atoms with Gasteiger partial charge in [0.05, 0.1) is 6.10 Å². The van der Waals surface area contributed by atoms with Crippen LogP contribution in [0.2, 0.25) is 0 Å². The van der Waals surface area contributed by atoms with Crippen LogP contribution in [0.3, 0.4) is 0 Å². The average molecular weight is 253 g/mol. The Kier molecular flexibility index (Phi) is 3.57. The highest BCUT2D eigenvalue weighted by molar-refractivity contribution is 7.09. The van der Waals surface area contributed by atoms with E-state index in [1.165, 1.54) is 43.6 Å². The quantitative estimate of drug-likeness (QED) is 0.876. The van der Waals surface area contributed by atoms with Gasteiger partial charge >= 0.3 is 0 Å². The lowest BCUT2D eigenvalue weighted by molar-refractivity contribution is 0.0134. The zero-order valence-corrected chi connectivity index (χ0v) is 10.8. The van der Waals surface area contributed by atoms with Gasteiger partial charge in [0, 0.05) is 30.6 Å². The first kappa shape index (κ1) is 11.4. The number of nitrogens with one attached hydrogen (secondary N) is 1. The van der Waals surface area contributed by atoms with Crippen molar-refractivity contribution in [3.05, 3.63) is 5.82 Å². The summed E-state index contributed by atoms with van der Waals surface area (Å²) in [6, 6.07) is 0. The third kappa shape index (κ3) is 3.16. The molecule has 94 valence electrons. The fourth-order valence-corrected chi connectivity index (χ4v) is 2.86. The molecule has 3 rings (SSSR count). The van der Waals surface area contributed by atoms with Crippen molar-refractivity contribution in [2.75, 3.05) is 18.5 Å². The lowest BCUT2D eigenvalue weighted by Crippen LogP contribution is -2.21. The summed E-state index contributed by atoms with van der Waals surface area (Å²) in [6.07, 6.45) is 7.83. The number of aromatic nitrogens is 2. The van der Waals surface area contributed by atoms with Crippen LogP contribution in [0.1, 0.15) is 50.3 Å². The SMILES string of the molecule is C1CCC(CCNc2nc(C3CC3)ns2)OC1. The third-order valence-corrected chi connectivity index (χ3v) is 4.09. The Balaban J connectivity index is 1.40. The van der Waals surface area contributed by atoms with Crippen LogP contribution >= 0.6 is 11.5 Å². The minimum Gasteiger partial charge on any atom is -0.378 e. The Bertz CT molecular complexity index is 358. The molecule has 0 amide bonds. The van der Waals surface area contributed by atoms with Gasteiger partial charge < -0.3 is 10.1 Å². The normalized spacial score (nSPS) is 24.8. The van der Waals surface area contributed by atoms with Crippen molar-refractivity contribution in [3.63, 3.8) is 0 Å². The highest BCUT2D eigenvalue weighted by Gasteiger charge is 2.27. The van der Waals surface area contributed by atoms with Gasteiger partial charge in [-0.15, -0.1) is 0 Å². The first-order valence-corrected chi connectivity index (χ1v) is 7.38. The maximum atomic E-state index is 5.70. The van der Waals surface area contributed by atoms with E-state index in [0.717, 1.165) is 30.5 Å². The highest BCUT2D eigenvalue weighted by Crippen LogP contribution is 2.39. The molecule has 2 aliphatic rings. The van der Waals surface area contributed by atoms with Gasteiger partial charge in [0.25, 0.3) is 0 Å². The van der Waals surface area contributed by atoms with Gasteiger partial charge in [0.2, 0.25) is 5.13 Å². The summed E-state index contributed by atoms with van der Waals surface area (Å²) in [6.45, 7) is 1.89. The van der Waals surface area contributed by atoms with Crippen molar-refractivity contribution in [1.82, 2.24) is 9.36 Å². The number of anilines is 1. The smallest absolute Gasteiger partial charge is 0.202 e. The molecule has 1 saturated carbocycles. The van der Waals surface area contributed by atoms with Crippen LogP contribution < -0.4 is 5.32 Å². The zero-order chi connectivity index (χ0) is 11.5. The molecule has 4 nitrogen and oxygen atoms in total. The second-order valence-electron chi connectivity index (χ2n) is 4.94. The summed E-state index contributed by atoms with van der Waals surface area (Å²) in [5.41, 5.74) is 0. The van der Waals surface area contributed by atoms with E-state index in [2.05, 4.69) is 14.7 Å². The number of rotatable bonds is 5. The molecular weight excluding hydrogens is 234 g/mol. The van der Waals surface area contributed by atoms with Gasteiger partial charge in [0.1, 0.15) is 5.82 Å². The molecular formula is C12H19N3OS. The van der Waals surface area contributed by atoms with Crippen molar-refractivity contribution in [2.45, 2.75) is 50.5 Å². The summed E-state index contributed by atoms with van der Waals surface area (Å²) in [4.78, 5) is 4.51. The summed E-state index contributed by atoms with van der Waals surface area (Å²) < 4.78 is 10.1. The predicted molar refractivity (Wildman–Crippen MR) is 68.6 cm³/mol. The monoisotopic (exact) mass is 253 g/mol. The van der Waals surface area contributed by atoms with Gasteiger partial charge in [-0.2, -0.15) is 4.37 Å². The molecule has 2 heterocycles. The fourth-order valence-electron chi connectivity index (χ4n) is 2.19. The Morgan fingerprint density at radius 1 is 1.29 bits per heavy atom. The standard InChI is InChI=1S/C12H19N3OS/c1-2-8-16-10(3-1)6-7-13-12-14-11(15-17-12)9-4-5-9/h9-10H,1-8H2,(H,13,14,15). The Morgan fingerprint density at radius 2 is 2.24 bits per heavy atom. The Hall–Kier alpha value is -0.680. The van der Waals surface area contributed by atoms with Gasteiger partial charge in [0.15, 0.2) is 0 Å². The zero-order valence-electron chi connectivity index (χ0n) is 10.0. The molecule has 1 atom stereocenters. The minimum absolute atomic E-state index is 0.451. The predicted octanol–water partition coefficient (Wildman–Crippen LogP) is 2.79.